The molecule has 1 spiro atoms. The van der Waals surface area contributed by atoms with Crippen molar-refractivity contribution in [3.63, 3.8) is 0 Å². The molecule has 1 heterocycles. The predicted molar refractivity (Wildman–Crippen MR) is 276 cm³/mol. The molecular formula is C64H46N2. The first-order valence-electron chi connectivity index (χ1n) is 23.5. The van der Waals surface area contributed by atoms with Gasteiger partial charge in [-0.05, 0) is 119 Å². The summed E-state index contributed by atoms with van der Waals surface area (Å²) in [5.41, 5.74) is 18.3. The molecule has 2 aliphatic carbocycles. The number of aromatic nitrogens is 2. The lowest BCUT2D eigenvalue weighted by atomic mass is 9.67. The Bertz CT molecular complexity index is 3580. The summed E-state index contributed by atoms with van der Waals surface area (Å²) < 4.78 is 0. The van der Waals surface area contributed by atoms with Crippen LogP contribution in [-0.2, 0) is 5.41 Å². The van der Waals surface area contributed by atoms with Gasteiger partial charge in [0.15, 0.2) is 5.82 Å². The summed E-state index contributed by atoms with van der Waals surface area (Å²) in [6.07, 6.45) is 6.32. The second kappa shape index (κ2) is 15.6. The van der Waals surface area contributed by atoms with Crippen LogP contribution in [0.15, 0.2) is 218 Å². The number of hydrogen-bond acceptors (Lipinski definition) is 2. The average molecular weight is 843 g/mol. The summed E-state index contributed by atoms with van der Waals surface area (Å²) in [6.45, 7) is 0. The van der Waals surface area contributed by atoms with Crippen LogP contribution in [0.5, 0.6) is 0 Å². The van der Waals surface area contributed by atoms with Crippen molar-refractivity contribution in [2.24, 2.45) is 0 Å². The van der Waals surface area contributed by atoms with Crippen LogP contribution < -0.4 is 0 Å². The molecule has 2 aliphatic rings. The number of benzene rings is 10. The van der Waals surface area contributed by atoms with E-state index in [2.05, 4.69) is 212 Å². The lowest BCUT2D eigenvalue weighted by molar-refractivity contribution is 0.353. The van der Waals surface area contributed by atoms with Crippen molar-refractivity contribution in [3.05, 3.63) is 230 Å². The van der Waals surface area contributed by atoms with Gasteiger partial charge in [0.2, 0.25) is 0 Å². The Balaban J connectivity index is 0.959. The van der Waals surface area contributed by atoms with Crippen molar-refractivity contribution >= 4 is 32.3 Å². The number of hydrogen-bond donors (Lipinski definition) is 0. The molecular weight excluding hydrogens is 797 g/mol. The highest BCUT2D eigenvalue weighted by Gasteiger charge is 2.44. The van der Waals surface area contributed by atoms with Crippen LogP contribution >= 0.6 is 0 Å². The van der Waals surface area contributed by atoms with Gasteiger partial charge in [-0.1, -0.05) is 219 Å². The molecule has 312 valence electrons. The maximum Gasteiger partial charge on any atom is 0.160 e. The third-order valence-corrected chi connectivity index (χ3v) is 14.7. The first kappa shape index (κ1) is 38.5. The number of nitrogens with zero attached hydrogens (tertiary/aromatic N) is 2. The van der Waals surface area contributed by atoms with Gasteiger partial charge in [-0.15, -0.1) is 0 Å². The van der Waals surface area contributed by atoms with E-state index in [1.165, 1.54) is 120 Å². The van der Waals surface area contributed by atoms with E-state index >= 15 is 0 Å². The minimum Gasteiger partial charge on any atom is -0.228 e. The fourth-order valence-electron chi connectivity index (χ4n) is 11.6. The lowest BCUT2D eigenvalue weighted by Gasteiger charge is -2.36. The van der Waals surface area contributed by atoms with Gasteiger partial charge in [-0.3, -0.25) is 0 Å². The van der Waals surface area contributed by atoms with Gasteiger partial charge in [0.25, 0.3) is 0 Å². The van der Waals surface area contributed by atoms with Crippen LogP contribution in [-0.4, -0.2) is 9.97 Å². The van der Waals surface area contributed by atoms with Gasteiger partial charge in [0.1, 0.15) is 0 Å². The van der Waals surface area contributed by atoms with Gasteiger partial charge in [-0.2, -0.15) is 0 Å². The molecule has 0 unspecified atom stereocenters. The van der Waals surface area contributed by atoms with Crippen LogP contribution in [0.25, 0.3) is 111 Å². The second-order valence-corrected chi connectivity index (χ2v) is 18.3. The van der Waals surface area contributed by atoms with Crippen molar-refractivity contribution in [1.82, 2.24) is 9.97 Å². The molecule has 0 aliphatic heterocycles. The standard InChI is InChI=1S/C64H46N2/c1-4-17-42(18-5-1)43-29-33-45(34-30-43)58-41-59(66-63(65-58)47-19-6-2-7-20-47)62-53-25-12-10-23-51(53)60(52-24-11-13-26-54(52)62)46-35-31-44(32-36-46)50-27-16-28-56-61(50)55-39-48-21-8-9-22-49(48)40-57(55)64(56)37-14-3-15-38-64/h1-2,4-13,16-36,39-41H,3,14-15,37-38H2. The van der Waals surface area contributed by atoms with E-state index in [4.69, 9.17) is 9.97 Å². The van der Waals surface area contributed by atoms with E-state index in [0.717, 1.165) is 28.1 Å². The summed E-state index contributed by atoms with van der Waals surface area (Å²) >= 11 is 0. The Morgan fingerprint density at radius 1 is 0.303 bits per heavy atom. The molecule has 1 aromatic heterocycles. The average Bonchev–Trinajstić information content (AvgIpc) is 3.64. The van der Waals surface area contributed by atoms with E-state index in [1.807, 2.05) is 6.07 Å². The topological polar surface area (TPSA) is 25.8 Å². The van der Waals surface area contributed by atoms with E-state index in [0.29, 0.717) is 5.82 Å². The molecule has 10 aromatic carbocycles. The van der Waals surface area contributed by atoms with Crippen molar-refractivity contribution in [3.8, 4) is 78.4 Å². The van der Waals surface area contributed by atoms with Gasteiger partial charge >= 0.3 is 0 Å². The van der Waals surface area contributed by atoms with E-state index in [9.17, 15) is 0 Å². The van der Waals surface area contributed by atoms with Gasteiger partial charge in [-0.25, -0.2) is 9.97 Å². The Labute approximate surface area is 385 Å². The molecule has 11 aromatic rings. The maximum atomic E-state index is 5.39. The third kappa shape index (κ3) is 6.24. The second-order valence-electron chi connectivity index (χ2n) is 18.3. The summed E-state index contributed by atoms with van der Waals surface area (Å²) in [5.74, 6) is 0.709. The van der Waals surface area contributed by atoms with Crippen molar-refractivity contribution < 1.29 is 0 Å². The molecule has 1 saturated carbocycles. The highest BCUT2D eigenvalue weighted by Crippen LogP contribution is 2.58. The highest BCUT2D eigenvalue weighted by atomic mass is 14.9. The molecule has 0 radical (unpaired) electrons. The van der Waals surface area contributed by atoms with E-state index in [-0.39, 0.29) is 5.41 Å². The summed E-state index contributed by atoms with van der Waals surface area (Å²) in [4.78, 5) is 10.6. The fraction of sp³-hybridized carbons (Fsp3) is 0.0938. The third-order valence-electron chi connectivity index (χ3n) is 14.7. The van der Waals surface area contributed by atoms with Crippen LogP contribution in [0.3, 0.4) is 0 Å². The number of rotatable bonds is 6. The molecule has 2 heteroatoms. The van der Waals surface area contributed by atoms with Gasteiger partial charge in [0, 0.05) is 22.1 Å². The molecule has 66 heavy (non-hydrogen) atoms. The highest BCUT2D eigenvalue weighted by molar-refractivity contribution is 6.21. The summed E-state index contributed by atoms with van der Waals surface area (Å²) in [6, 6.07) is 80.0. The molecule has 0 bridgehead atoms. The van der Waals surface area contributed by atoms with Crippen LogP contribution in [0, 0.1) is 0 Å². The smallest absolute Gasteiger partial charge is 0.160 e. The first-order chi connectivity index (χ1) is 32.7. The molecule has 1 fully saturated rings. The predicted octanol–water partition coefficient (Wildman–Crippen LogP) is 17.2. The zero-order valence-corrected chi connectivity index (χ0v) is 36.7. The SMILES string of the molecule is c1ccc(-c2ccc(-c3cc(-c4c5ccccc5c(-c5ccc(-c6cccc7c6-c6cc8ccccc8cc6C76CCCCC6)cc5)c5ccccc45)nc(-c4ccccc4)n3)cc2)cc1. The molecule has 0 amide bonds. The van der Waals surface area contributed by atoms with Crippen molar-refractivity contribution in [2.75, 3.05) is 0 Å². The van der Waals surface area contributed by atoms with E-state index < -0.39 is 0 Å². The Morgan fingerprint density at radius 2 is 0.818 bits per heavy atom. The summed E-state index contributed by atoms with van der Waals surface area (Å²) in [7, 11) is 0. The molecule has 0 saturated heterocycles. The van der Waals surface area contributed by atoms with Crippen LogP contribution in [0.4, 0.5) is 0 Å². The zero-order valence-electron chi connectivity index (χ0n) is 36.7. The maximum absolute atomic E-state index is 5.39. The van der Waals surface area contributed by atoms with Crippen molar-refractivity contribution in [2.45, 2.75) is 37.5 Å². The minimum absolute atomic E-state index is 0.0851. The Kier molecular flexibility index (Phi) is 9.13. The molecule has 2 nitrogen and oxygen atoms in total. The Hall–Kier alpha value is -7.94. The lowest BCUT2D eigenvalue weighted by Crippen LogP contribution is -2.28. The zero-order chi connectivity index (χ0) is 43.6. The number of fused-ring (bicyclic) bond motifs is 8. The van der Waals surface area contributed by atoms with Gasteiger partial charge < -0.3 is 0 Å². The summed E-state index contributed by atoms with van der Waals surface area (Å²) in [5, 5.41) is 7.40. The first-order valence-corrected chi connectivity index (χ1v) is 23.5. The molecule has 13 rings (SSSR count). The fourth-order valence-corrected chi connectivity index (χ4v) is 11.6. The Morgan fingerprint density at radius 3 is 1.48 bits per heavy atom. The van der Waals surface area contributed by atoms with Crippen LogP contribution in [0.2, 0.25) is 0 Å². The minimum atomic E-state index is 0.0851. The van der Waals surface area contributed by atoms with E-state index in [1.54, 1.807) is 0 Å². The monoisotopic (exact) mass is 842 g/mol. The quantitative estimate of drug-likeness (QED) is 0.156. The van der Waals surface area contributed by atoms with Crippen molar-refractivity contribution in [1.29, 1.82) is 0 Å². The van der Waals surface area contributed by atoms with Gasteiger partial charge in [0.05, 0.1) is 11.4 Å². The van der Waals surface area contributed by atoms with Crippen LogP contribution in [0.1, 0.15) is 43.2 Å². The largest absolute Gasteiger partial charge is 0.228 e. The molecule has 0 atom stereocenters. The normalized spacial score (nSPS) is 13.9. The molecule has 0 N–H and O–H groups in total.